The molecule has 2 rings (SSSR count). The number of nitrogens with one attached hydrogen (secondary N) is 1. The number of fused-ring (bicyclic) bond motifs is 1. The Hall–Kier alpha value is -0.610. The minimum atomic E-state index is -0.307. The summed E-state index contributed by atoms with van der Waals surface area (Å²) in [4.78, 5) is 13.2. The number of amides is 1. The number of nitrogens with zero attached hydrogens (tertiary/aromatic N) is 1. The molecule has 2 saturated heterocycles. The second-order valence-corrected chi connectivity index (χ2v) is 3.54. The van der Waals surface area contributed by atoms with E-state index in [0.29, 0.717) is 13.0 Å². The normalized spacial score (nSPS) is 36.4. The molecule has 0 bridgehead atoms. The highest BCUT2D eigenvalue weighted by atomic mass is 16.3. The fraction of sp³-hybridized carbons (Fsp3) is 0.875. The first-order valence-electron chi connectivity index (χ1n) is 4.45. The van der Waals surface area contributed by atoms with E-state index in [-0.39, 0.29) is 18.1 Å². The van der Waals surface area contributed by atoms with Crippen molar-refractivity contribution in [2.75, 3.05) is 19.6 Å². The highest BCUT2D eigenvalue weighted by Gasteiger charge is 2.34. The molecule has 2 N–H and O–H groups in total. The van der Waals surface area contributed by atoms with Gasteiger partial charge in [-0.25, -0.2) is 0 Å². The highest BCUT2D eigenvalue weighted by molar-refractivity contribution is 5.77. The minimum absolute atomic E-state index is 0.182. The lowest BCUT2D eigenvalue weighted by Gasteiger charge is -2.20. The Kier molecular flexibility index (Phi) is 2.02. The SMILES string of the molecule is O=C1CCNCC2CC(O)CN12. The van der Waals surface area contributed by atoms with E-state index in [1.54, 1.807) is 0 Å². The van der Waals surface area contributed by atoms with E-state index in [1.165, 1.54) is 0 Å². The molecule has 2 unspecified atom stereocenters. The predicted molar refractivity (Wildman–Crippen MR) is 43.6 cm³/mol. The molecule has 68 valence electrons. The zero-order valence-corrected chi connectivity index (χ0v) is 6.99. The maximum atomic E-state index is 11.4. The third-order valence-corrected chi connectivity index (χ3v) is 2.61. The van der Waals surface area contributed by atoms with Gasteiger partial charge >= 0.3 is 0 Å². The van der Waals surface area contributed by atoms with Gasteiger partial charge in [0.15, 0.2) is 0 Å². The van der Waals surface area contributed by atoms with Crippen LogP contribution in [0.3, 0.4) is 0 Å². The van der Waals surface area contributed by atoms with E-state index in [4.69, 9.17) is 0 Å². The zero-order valence-electron chi connectivity index (χ0n) is 6.99. The third kappa shape index (κ3) is 1.32. The first kappa shape index (κ1) is 8.01. The number of rotatable bonds is 0. The largest absolute Gasteiger partial charge is 0.391 e. The fourth-order valence-corrected chi connectivity index (χ4v) is 2.00. The topological polar surface area (TPSA) is 52.6 Å². The molecule has 0 aromatic heterocycles. The van der Waals surface area contributed by atoms with Crippen molar-refractivity contribution in [2.24, 2.45) is 0 Å². The van der Waals surface area contributed by atoms with E-state index < -0.39 is 0 Å². The Labute approximate surface area is 71.5 Å². The van der Waals surface area contributed by atoms with Gasteiger partial charge in [-0.1, -0.05) is 0 Å². The van der Waals surface area contributed by atoms with Crippen molar-refractivity contribution >= 4 is 5.91 Å². The molecule has 2 atom stereocenters. The number of hydrogen-bond acceptors (Lipinski definition) is 3. The lowest BCUT2D eigenvalue weighted by atomic mass is 10.2. The van der Waals surface area contributed by atoms with Crippen molar-refractivity contribution < 1.29 is 9.90 Å². The van der Waals surface area contributed by atoms with Gasteiger partial charge in [-0.3, -0.25) is 4.79 Å². The van der Waals surface area contributed by atoms with Gasteiger partial charge in [-0.15, -0.1) is 0 Å². The van der Waals surface area contributed by atoms with Crippen LogP contribution in [0.5, 0.6) is 0 Å². The summed E-state index contributed by atoms with van der Waals surface area (Å²) in [5, 5.41) is 12.5. The van der Waals surface area contributed by atoms with Gasteiger partial charge in [0.05, 0.1) is 6.10 Å². The quantitative estimate of drug-likeness (QED) is 0.487. The maximum Gasteiger partial charge on any atom is 0.224 e. The van der Waals surface area contributed by atoms with Gasteiger partial charge in [-0.05, 0) is 6.42 Å². The van der Waals surface area contributed by atoms with E-state index in [0.717, 1.165) is 19.5 Å². The number of aliphatic hydroxyl groups is 1. The summed E-state index contributed by atoms with van der Waals surface area (Å²) in [5.41, 5.74) is 0. The molecular formula is C8H14N2O2. The molecule has 2 heterocycles. The average molecular weight is 170 g/mol. The summed E-state index contributed by atoms with van der Waals surface area (Å²) in [6.07, 6.45) is 1.00. The van der Waals surface area contributed by atoms with Crippen molar-refractivity contribution in [3.8, 4) is 0 Å². The van der Waals surface area contributed by atoms with Gasteiger partial charge in [0.25, 0.3) is 0 Å². The molecule has 0 spiro atoms. The van der Waals surface area contributed by atoms with Crippen LogP contribution in [0.4, 0.5) is 0 Å². The Morgan fingerprint density at radius 1 is 1.58 bits per heavy atom. The molecule has 0 aromatic carbocycles. The van der Waals surface area contributed by atoms with Crippen molar-refractivity contribution in [1.82, 2.24) is 10.2 Å². The summed E-state index contributed by atoms with van der Waals surface area (Å²) in [6.45, 7) is 2.15. The number of aliphatic hydroxyl groups excluding tert-OH is 1. The minimum Gasteiger partial charge on any atom is -0.391 e. The first-order valence-corrected chi connectivity index (χ1v) is 4.45. The maximum absolute atomic E-state index is 11.4. The second-order valence-electron chi connectivity index (χ2n) is 3.54. The third-order valence-electron chi connectivity index (χ3n) is 2.61. The molecule has 4 heteroatoms. The first-order chi connectivity index (χ1) is 5.77. The second kappa shape index (κ2) is 3.03. The molecule has 2 aliphatic heterocycles. The highest BCUT2D eigenvalue weighted by Crippen LogP contribution is 2.19. The van der Waals surface area contributed by atoms with Gasteiger partial charge < -0.3 is 15.3 Å². The average Bonchev–Trinajstić information content (AvgIpc) is 2.33. The summed E-state index contributed by atoms with van der Waals surface area (Å²) in [6, 6.07) is 0.231. The van der Waals surface area contributed by atoms with Gasteiger partial charge in [0.1, 0.15) is 0 Å². The molecule has 0 saturated carbocycles. The van der Waals surface area contributed by atoms with Crippen molar-refractivity contribution in [3.05, 3.63) is 0 Å². The number of carbonyl (C=O) groups excluding carboxylic acids is 1. The molecule has 4 nitrogen and oxygen atoms in total. The summed E-state index contributed by atoms with van der Waals surface area (Å²) >= 11 is 0. The molecule has 0 radical (unpaired) electrons. The van der Waals surface area contributed by atoms with E-state index >= 15 is 0 Å². The Morgan fingerprint density at radius 3 is 3.25 bits per heavy atom. The van der Waals surface area contributed by atoms with Crippen LogP contribution in [0.2, 0.25) is 0 Å². The molecular weight excluding hydrogens is 156 g/mol. The van der Waals surface area contributed by atoms with Crippen LogP contribution in [-0.4, -0.2) is 47.7 Å². The van der Waals surface area contributed by atoms with Crippen LogP contribution in [-0.2, 0) is 4.79 Å². The molecule has 1 amide bonds. The van der Waals surface area contributed by atoms with Crippen LogP contribution in [0.25, 0.3) is 0 Å². The lowest BCUT2D eigenvalue weighted by molar-refractivity contribution is -0.131. The standard InChI is InChI=1S/C8H14N2O2/c11-7-3-6-4-9-2-1-8(12)10(6)5-7/h6-7,9,11H,1-5H2. The Morgan fingerprint density at radius 2 is 2.42 bits per heavy atom. The Bertz CT molecular complexity index is 195. The van der Waals surface area contributed by atoms with Crippen LogP contribution >= 0.6 is 0 Å². The monoisotopic (exact) mass is 170 g/mol. The fourth-order valence-electron chi connectivity index (χ4n) is 2.00. The molecule has 0 aromatic rings. The van der Waals surface area contributed by atoms with Crippen molar-refractivity contribution in [2.45, 2.75) is 25.0 Å². The van der Waals surface area contributed by atoms with Gasteiger partial charge in [0, 0.05) is 32.1 Å². The van der Waals surface area contributed by atoms with Gasteiger partial charge in [0.2, 0.25) is 5.91 Å². The summed E-state index contributed by atoms with van der Waals surface area (Å²) in [5.74, 6) is 0.182. The number of carbonyl (C=O) groups is 1. The van der Waals surface area contributed by atoms with E-state index in [2.05, 4.69) is 5.32 Å². The van der Waals surface area contributed by atoms with Crippen molar-refractivity contribution in [1.29, 1.82) is 0 Å². The lowest BCUT2D eigenvalue weighted by Crippen LogP contribution is -2.37. The van der Waals surface area contributed by atoms with E-state index in [1.807, 2.05) is 4.90 Å². The predicted octanol–water partition coefficient (Wildman–Crippen LogP) is -1.06. The summed E-state index contributed by atoms with van der Waals surface area (Å²) < 4.78 is 0. The van der Waals surface area contributed by atoms with Crippen molar-refractivity contribution in [3.63, 3.8) is 0 Å². The van der Waals surface area contributed by atoms with Gasteiger partial charge in [-0.2, -0.15) is 0 Å². The molecule has 12 heavy (non-hydrogen) atoms. The van der Waals surface area contributed by atoms with Crippen LogP contribution < -0.4 is 5.32 Å². The summed E-state index contributed by atoms with van der Waals surface area (Å²) in [7, 11) is 0. The van der Waals surface area contributed by atoms with Crippen LogP contribution in [0, 0.1) is 0 Å². The molecule has 2 aliphatic rings. The smallest absolute Gasteiger partial charge is 0.224 e. The van der Waals surface area contributed by atoms with Crippen LogP contribution in [0.15, 0.2) is 0 Å². The molecule has 2 fully saturated rings. The van der Waals surface area contributed by atoms with E-state index in [9.17, 15) is 9.90 Å². The molecule has 0 aliphatic carbocycles. The zero-order chi connectivity index (χ0) is 8.55. The number of hydrogen-bond donors (Lipinski definition) is 2. The van der Waals surface area contributed by atoms with Crippen LogP contribution in [0.1, 0.15) is 12.8 Å². The Balaban J connectivity index is 2.09.